The molecule has 0 saturated heterocycles. The van der Waals surface area contributed by atoms with E-state index >= 15 is 0 Å². The third kappa shape index (κ3) is 2.62. The van der Waals surface area contributed by atoms with Gasteiger partial charge in [-0.2, -0.15) is 4.31 Å². The summed E-state index contributed by atoms with van der Waals surface area (Å²) in [6, 6.07) is 10.9. The zero-order chi connectivity index (χ0) is 15.0. The van der Waals surface area contributed by atoms with Crippen LogP contribution in [0.3, 0.4) is 0 Å². The highest BCUT2D eigenvalue weighted by Crippen LogP contribution is 2.32. The molecule has 110 valence electrons. The van der Waals surface area contributed by atoms with Crippen molar-refractivity contribution in [3.63, 3.8) is 0 Å². The Hall–Kier alpha value is -1.28. The average Bonchev–Trinajstić information content (AvgIpc) is 3.14. The Labute approximate surface area is 131 Å². The van der Waals surface area contributed by atoms with Crippen molar-refractivity contribution >= 4 is 42.9 Å². The minimum atomic E-state index is -3.46. The van der Waals surface area contributed by atoms with Crippen LogP contribution in [0.25, 0.3) is 10.2 Å². The molecule has 0 aliphatic rings. The summed E-state index contributed by atoms with van der Waals surface area (Å²) in [6.07, 6.45) is 0. The van der Waals surface area contributed by atoms with Crippen molar-refractivity contribution in [3.05, 3.63) is 46.8 Å². The number of thiophene rings is 1. The second-order valence-corrected chi connectivity index (χ2v) is 8.88. The van der Waals surface area contributed by atoms with Crippen LogP contribution in [0.15, 0.2) is 46.0 Å². The van der Waals surface area contributed by atoms with Crippen molar-refractivity contribution in [2.45, 2.75) is 17.2 Å². The molecule has 4 nitrogen and oxygen atoms in total. The molecule has 0 aliphatic heterocycles. The second-order valence-electron chi connectivity index (χ2n) is 4.65. The molecular formula is C14H14N2O2S3. The van der Waals surface area contributed by atoms with Gasteiger partial charge >= 0.3 is 0 Å². The molecule has 0 amide bonds. The van der Waals surface area contributed by atoms with Crippen LogP contribution in [0.5, 0.6) is 0 Å². The van der Waals surface area contributed by atoms with E-state index in [0.717, 1.165) is 15.2 Å². The van der Waals surface area contributed by atoms with Crippen molar-refractivity contribution in [2.24, 2.45) is 0 Å². The summed E-state index contributed by atoms with van der Waals surface area (Å²) < 4.78 is 27.9. The molecule has 1 aromatic carbocycles. The number of nitrogens with zero attached hydrogens (tertiary/aromatic N) is 2. The number of sulfonamides is 1. The van der Waals surface area contributed by atoms with Crippen LogP contribution in [-0.4, -0.2) is 24.8 Å². The summed E-state index contributed by atoms with van der Waals surface area (Å²) in [6.45, 7) is 1.86. The lowest BCUT2D eigenvalue weighted by Crippen LogP contribution is -2.29. The van der Waals surface area contributed by atoms with Gasteiger partial charge in [-0.25, -0.2) is 13.4 Å². The van der Waals surface area contributed by atoms with Crippen LogP contribution in [0.4, 0.5) is 0 Å². The molecule has 7 heteroatoms. The normalized spacial score (nSPS) is 13.9. The first-order valence-electron chi connectivity index (χ1n) is 6.37. The summed E-state index contributed by atoms with van der Waals surface area (Å²) in [5, 5.41) is 2.57. The van der Waals surface area contributed by atoms with Gasteiger partial charge in [0.1, 0.15) is 9.22 Å². The number of benzene rings is 1. The van der Waals surface area contributed by atoms with Crippen molar-refractivity contribution < 1.29 is 8.42 Å². The van der Waals surface area contributed by atoms with Crippen LogP contribution in [0.1, 0.15) is 18.0 Å². The number of hydrogen-bond acceptors (Lipinski definition) is 5. The molecule has 3 aromatic rings. The number of aromatic nitrogens is 1. The molecule has 21 heavy (non-hydrogen) atoms. The molecule has 2 aromatic heterocycles. The SMILES string of the molecule is C[C@H](c1nc2ccccc2s1)N(C)S(=O)(=O)c1cccs1. The monoisotopic (exact) mass is 338 g/mol. The molecule has 3 rings (SSSR count). The summed E-state index contributed by atoms with van der Waals surface area (Å²) in [5.41, 5.74) is 0.909. The molecule has 0 N–H and O–H groups in total. The fraction of sp³-hybridized carbons (Fsp3) is 0.214. The summed E-state index contributed by atoms with van der Waals surface area (Å²) in [7, 11) is -1.86. The Morgan fingerprint density at radius 2 is 1.95 bits per heavy atom. The van der Waals surface area contributed by atoms with E-state index in [-0.39, 0.29) is 6.04 Å². The van der Waals surface area contributed by atoms with Gasteiger partial charge in [0.05, 0.1) is 16.3 Å². The van der Waals surface area contributed by atoms with E-state index in [0.29, 0.717) is 4.21 Å². The van der Waals surface area contributed by atoms with Gasteiger partial charge in [0.2, 0.25) is 0 Å². The maximum absolute atomic E-state index is 12.5. The lowest BCUT2D eigenvalue weighted by atomic mass is 10.3. The second kappa shape index (κ2) is 5.49. The van der Waals surface area contributed by atoms with Crippen molar-refractivity contribution in [3.8, 4) is 0 Å². The Morgan fingerprint density at radius 1 is 1.19 bits per heavy atom. The van der Waals surface area contributed by atoms with Crippen LogP contribution in [0, 0.1) is 0 Å². The Kier molecular flexibility index (Phi) is 3.83. The number of para-hydroxylation sites is 1. The fourth-order valence-corrected chi connectivity index (χ4v) is 5.62. The van der Waals surface area contributed by atoms with E-state index in [9.17, 15) is 8.42 Å². The third-order valence-electron chi connectivity index (χ3n) is 3.34. The molecule has 1 atom stereocenters. The predicted molar refractivity (Wildman–Crippen MR) is 87.3 cm³/mol. The van der Waals surface area contributed by atoms with Crippen molar-refractivity contribution in [2.75, 3.05) is 7.05 Å². The third-order valence-corrected chi connectivity index (χ3v) is 7.85. The number of hydrogen-bond donors (Lipinski definition) is 0. The first-order valence-corrected chi connectivity index (χ1v) is 9.51. The lowest BCUT2D eigenvalue weighted by molar-refractivity contribution is 0.399. The van der Waals surface area contributed by atoms with Gasteiger partial charge in [-0.15, -0.1) is 22.7 Å². The number of fused-ring (bicyclic) bond motifs is 1. The molecule has 0 radical (unpaired) electrons. The molecule has 2 heterocycles. The van der Waals surface area contributed by atoms with E-state index in [1.165, 1.54) is 27.0 Å². The van der Waals surface area contributed by atoms with Gasteiger partial charge in [0.15, 0.2) is 0 Å². The van der Waals surface area contributed by atoms with E-state index in [1.54, 1.807) is 24.6 Å². The summed E-state index contributed by atoms with van der Waals surface area (Å²) >= 11 is 2.76. The van der Waals surface area contributed by atoms with E-state index in [4.69, 9.17) is 0 Å². The first kappa shape index (κ1) is 14.6. The van der Waals surface area contributed by atoms with Crippen LogP contribution >= 0.6 is 22.7 Å². The van der Waals surface area contributed by atoms with Gasteiger partial charge in [0.25, 0.3) is 10.0 Å². The largest absolute Gasteiger partial charge is 0.252 e. The van der Waals surface area contributed by atoms with Crippen LogP contribution in [-0.2, 0) is 10.0 Å². The molecule has 0 unspecified atom stereocenters. The van der Waals surface area contributed by atoms with Gasteiger partial charge in [0, 0.05) is 7.05 Å². The van der Waals surface area contributed by atoms with Gasteiger partial charge in [-0.3, -0.25) is 0 Å². The number of rotatable bonds is 4. The first-order chi connectivity index (χ1) is 10.00. The quantitative estimate of drug-likeness (QED) is 0.728. The lowest BCUT2D eigenvalue weighted by Gasteiger charge is -2.21. The molecular weight excluding hydrogens is 324 g/mol. The van der Waals surface area contributed by atoms with Crippen LogP contribution in [0.2, 0.25) is 0 Å². The minimum absolute atomic E-state index is 0.297. The Bertz CT molecular complexity index is 820. The van der Waals surface area contributed by atoms with Crippen molar-refractivity contribution in [1.29, 1.82) is 0 Å². The minimum Gasteiger partial charge on any atom is -0.239 e. The zero-order valence-electron chi connectivity index (χ0n) is 11.6. The summed E-state index contributed by atoms with van der Waals surface area (Å²) in [4.78, 5) is 4.54. The Balaban J connectivity index is 1.96. The molecule has 0 saturated carbocycles. The standard InChI is InChI=1S/C14H14N2O2S3/c1-10(14-15-11-6-3-4-7-12(11)20-14)16(2)21(17,18)13-8-5-9-19-13/h3-10H,1-2H3/t10-/m1/s1. The van der Waals surface area contributed by atoms with Gasteiger partial charge in [-0.05, 0) is 30.5 Å². The number of thiazole rings is 1. The van der Waals surface area contributed by atoms with Crippen LogP contribution < -0.4 is 0 Å². The maximum atomic E-state index is 12.5. The highest BCUT2D eigenvalue weighted by molar-refractivity contribution is 7.91. The molecule has 0 bridgehead atoms. The zero-order valence-corrected chi connectivity index (χ0v) is 14.0. The topological polar surface area (TPSA) is 50.3 Å². The van der Waals surface area contributed by atoms with E-state index < -0.39 is 10.0 Å². The van der Waals surface area contributed by atoms with E-state index in [1.807, 2.05) is 31.2 Å². The summed E-state index contributed by atoms with van der Waals surface area (Å²) in [5.74, 6) is 0. The Morgan fingerprint density at radius 3 is 2.62 bits per heavy atom. The van der Waals surface area contributed by atoms with Gasteiger partial charge < -0.3 is 0 Å². The predicted octanol–water partition coefficient (Wildman–Crippen LogP) is 3.74. The highest BCUT2D eigenvalue weighted by atomic mass is 32.2. The van der Waals surface area contributed by atoms with Crippen molar-refractivity contribution in [1.82, 2.24) is 9.29 Å². The maximum Gasteiger partial charge on any atom is 0.252 e. The average molecular weight is 338 g/mol. The molecule has 0 fully saturated rings. The molecule has 0 aliphatic carbocycles. The van der Waals surface area contributed by atoms with E-state index in [2.05, 4.69) is 4.98 Å². The van der Waals surface area contributed by atoms with Gasteiger partial charge in [-0.1, -0.05) is 18.2 Å². The molecule has 0 spiro atoms. The fourth-order valence-electron chi connectivity index (χ4n) is 1.98. The highest BCUT2D eigenvalue weighted by Gasteiger charge is 2.28. The smallest absolute Gasteiger partial charge is 0.239 e.